The minimum atomic E-state index is -0.553. The molecule has 2 amide bonds. The van der Waals surface area contributed by atoms with E-state index in [1.54, 1.807) is 13.8 Å². The van der Waals surface area contributed by atoms with Gasteiger partial charge in [-0.1, -0.05) is 13.8 Å². The molecule has 0 radical (unpaired) electrons. The first kappa shape index (κ1) is 13.1. The zero-order chi connectivity index (χ0) is 12.2. The second kappa shape index (κ2) is 5.41. The third kappa shape index (κ3) is 3.02. The molecule has 1 saturated heterocycles. The summed E-state index contributed by atoms with van der Waals surface area (Å²) < 4.78 is 5.07. The molecule has 1 aliphatic heterocycles. The molecule has 1 N–H and O–H groups in total. The van der Waals surface area contributed by atoms with Crippen molar-refractivity contribution in [2.24, 2.45) is 5.41 Å². The molecule has 1 aliphatic rings. The molecule has 0 spiro atoms. The van der Waals surface area contributed by atoms with E-state index in [0.29, 0.717) is 32.6 Å². The van der Waals surface area contributed by atoms with Crippen LogP contribution in [0.4, 0.5) is 0 Å². The molecule has 0 aromatic rings. The summed E-state index contributed by atoms with van der Waals surface area (Å²) >= 11 is 0. The van der Waals surface area contributed by atoms with Crippen molar-refractivity contribution in [1.29, 1.82) is 0 Å². The third-order valence-corrected chi connectivity index (χ3v) is 2.62. The highest BCUT2D eigenvalue weighted by molar-refractivity contribution is 6.05. The number of nitrogens with zero attached hydrogens (tertiary/aromatic N) is 1. The number of likely N-dealkylation sites (tertiary alicyclic amines) is 1. The van der Waals surface area contributed by atoms with Crippen molar-refractivity contribution in [1.82, 2.24) is 4.90 Å². The zero-order valence-corrected chi connectivity index (χ0v) is 9.86. The van der Waals surface area contributed by atoms with Crippen LogP contribution in [0.15, 0.2) is 0 Å². The maximum atomic E-state index is 11.8. The molecule has 0 aromatic carbocycles. The van der Waals surface area contributed by atoms with Crippen LogP contribution in [0.5, 0.6) is 0 Å². The van der Waals surface area contributed by atoms with Gasteiger partial charge in [0.1, 0.15) is 0 Å². The van der Waals surface area contributed by atoms with Crippen molar-refractivity contribution >= 4 is 11.8 Å². The van der Waals surface area contributed by atoms with Gasteiger partial charge in [0.2, 0.25) is 11.8 Å². The quantitative estimate of drug-likeness (QED) is 0.521. The number of carbonyl (C=O) groups is 2. The number of aliphatic hydroxyl groups is 1. The summed E-state index contributed by atoms with van der Waals surface area (Å²) in [5, 5.41) is 8.49. The van der Waals surface area contributed by atoms with Crippen LogP contribution < -0.4 is 0 Å². The Morgan fingerprint density at radius 1 is 1.38 bits per heavy atom. The van der Waals surface area contributed by atoms with Gasteiger partial charge in [-0.2, -0.15) is 0 Å². The topological polar surface area (TPSA) is 66.8 Å². The Balaban J connectivity index is 2.32. The van der Waals surface area contributed by atoms with E-state index in [2.05, 4.69) is 0 Å². The first-order valence-electron chi connectivity index (χ1n) is 5.52. The van der Waals surface area contributed by atoms with Crippen LogP contribution in [0.1, 0.15) is 26.7 Å². The standard InChI is InChI=1S/C11H19NO4/c1-11(2)8-9(14)12(10(11)15)4-3-6-16-7-5-13/h13H,3-8H2,1-2H3. The molecule has 1 heterocycles. The maximum Gasteiger partial charge on any atom is 0.235 e. The van der Waals surface area contributed by atoms with E-state index >= 15 is 0 Å². The molecular weight excluding hydrogens is 210 g/mol. The summed E-state index contributed by atoms with van der Waals surface area (Å²) in [7, 11) is 0. The lowest BCUT2D eigenvalue weighted by Crippen LogP contribution is -2.34. The summed E-state index contributed by atoms with van der Waals surface area (Å²) in [6, 6.07) is 0. The van der Waals surface area contributed by atoms with Crippen LogP contribution in [-0.4, -0.2) is 48.2 Å². The second-order valence-corrected chi connectivity index (χ2v) is 4.60. The SMILES string of the molecule is CC1(C)CC(=O)N(CCCOCCO)C1=O. The van der Waals surface area contributed by atoms with Crippen molar-refractivity contribution in [2.45, 2.75) is 26.7 Å². The van der Waals surface area contributed by atoms with Crippen LogP contribution in [0, 0.1) is 5.41 Å². The van der Waals surface area contributed by atoms with Gasteiger partial charge in [0, 0.05) is 19.6 Å². The second-order valence-electron chi connectivity index (χ2n) is 4.60. The number of hydrogen-bond acceptors (Lipinski definition) is 4. The Labute approximate surface area is 95.4 Å². The lowest BCUT2D eigenvalue weighted by atomic mass is 9.92. The summed E-state index contributed by atoms with van der Waals surface area (Å²) in [4.78, 5) is 24.6. The van der Waals surface area contributed by atoms with Crippen molar-refractivity contribution in [3.8, 4) is 0 Å². The number of imide groups is 1. The van der Waals surface area contributed by atoms with Gasteiger partial charge < -0.3 is 9.84 Å². The molecule has 0 unspecified atom stereocenters. The van der Waals surface area contributed by atoms with Crippen LogP contribution in [-0.2, 0) is 14.3 Å². The Kier molecular flexibility index (Phi) is 4.44. The van der Waals surface area contributed by atoms with Gasteiger partial charge in [-0.25, -0.2) is 0 Å². The Morgan fingerprint density at radius 2 is 2.06 bits per heavy atom. The van der Waals surface area contributed by atoms with Gasteiger partial charge >= 0.3 is 0 Å². The molecule has 16 heavy (non-hydrogen) atoms. The fourth-order valence-electron chi connectivity index (χ4n) is 1.75. The van der Waals surface area contributed by atoms with E-state index in [9.17, 15) is 9.59 Å². The number of carbonyl (C=O) groups excluding carboxylic acids is 2. The molecule has 92 valence electrons. The van der Waals surface area contributed by atoms with Gasteiger partial charge in [0.15, 0.2) is 0 Å². The first-order chi connectivity index (χ1) is 7.49. The minimum absolute atomic E-state index is 0.00535. The predicted molar refractivity (Wildman–Crippen MR) is 57.6 cm³/mol. The summed E-state index contributed by atoms with van der Waals surface area (Å²) in [5.41, 5.74) is -0.553. The number of hydrogen-bond donors (Lipinski definition) is 1. The maximum absolute atomic E-state index is 11.8. The molecule has 0 aromatic heterocycles. The van der Waals surface area contributed by atoms with Gasteiger partial charge in [-0.3, -0.25) is 14.5 Å². The highest BCUT2D eigenvalue weighted by Crippen LogP contribution is 2.31. The van der Waals surface area contributed by atoms with Gasteiger partial charge in [-0.05, 0) is 6.42 Å². The van der Waals surface area contributed by atoms with Crippen molar-refractivity contribution in [2.75, 3.05) is 26.4 Å². The van der Waals surface area contributed by atoms with E-state index in [4.69, 9.17) is 9.84 Å². The average Bonchev–Trinajstić information content (AvgIpc) is 2.39. The monoisotopic (exact) mass is 229 g/mol. The lowest BCUT2D eigenvalue weighted by molar-refractivity contribution is -0.141. The van der Waals surface area contributed by atoms with E-state index in [1.165, 1.54) is 4.90 Å². The summed E-state index contributed by atoms with van der Waals surface area (Å²) in [6.45, 7) is 4.73. The molecule has 0 saturated carbocycles. The minimum Gasteiger partial charge on any atom is -0.394 e. The van der Waals surface area contributed by atoms with Gasteiger partial charge in [-0.15, -0.1) is 0 Å². The lowest BCUT2D eigenvalue weighted by Gasteiger charge is -2.17. The van der Waals surface area contributed by atoms with E-state index < -0.39 is 5.41 Å². The largest absolute Gasteiger partial charge is 0.394 e. The van der Waals surface area contributed by atoms with E-state index in [0.717, 1.165) is 0 Å². The van der Waals surface area contributed by atoms with Crippen molar-refractivity contribution < 1.29 is 19.4 Å². The van der Waals surface area contributed by atoms with Crippen molar-refractivity contribution in [3.63, 3.8) is 0 Å². The highest BCUT2D eigenvalue weighted by Gasteiger charge is 2.44. The molecule has 5 heteroatoms. The average molecular weight is 229 g/mol. The number of rotatable bonds is 6. The normalized spacial score (nSPS) is 19.6. The smallest absolute Gasteiger partial charge is 0.235 e. The van der Waals surface area contributed by atoms with Crippen LogP contribution >= 0.6 is 0 Å². The van der Waals surface area contributed by atoms with Gasteiger partial charge in [0.25, 0.3) is 0 Å². The first-order valence-corrected chi connectivity index (χ1v) is 5.52. The summed E-state index contributed by atoms with van der Waals surface area (Å²) in [6.07, 6.45) is 0.914. The third-order valence-electron chi connectivity index (χ3n) is 2.62. The highest BCUT2D eigenvalue weighted by atomic mass is 16.5. The fraction of sp³-hybridized carbons (Fsp3) is 0.818. The molecule has 0 aliphatic carbocycles. The number of amides is 2. The Morgan fingerprint density at radius 3 is 2.56 bits per heavy atom. The molecule has 1 rings (SSSR count). The van der Waals surface area contributed by atoms with Crippen LogP contribution in [0.25, 0.3) is 0 Å². The molecule has 0 atom stereocenters. The van der Waals surface area contributed by atoms with Gasteiger partial charge in [0.05, 0.1) is 18.6 Å². The predicted octanol–water partition coefficient (Wildman–Crippen LogP) is 0.170. The Hall–Kier alpha value is -0.940. The molecular formula is C11H19NO4. The van der Waals surface area contributed by atoms with Crippen molar-refractivity contribution in [3.05, 3.63) is 0 Å². The Bertz CT molecular complexity index is 275. The zero-order valence-electron chi connectivity index (χ0n) is 9.86. The molecule has 5 nitrogen and oxygen atoms in total. The van der Waals surface area contributed by atoms with E-state index in [1.807, 2.05) is 0 Å². The molecule has 0 bridgehead atoms. The number of aliphatic hydroxyl groups excluding tert-OH is 1. The fourth-order valence-corrected chi connectivity index (χ4v) is 1.75. The van der Waals surface area contributed by atoms with Crippen LogP contribution in [0.3, 0.4) is 0 Å². The summed E-state index contributed by atoms with van der Waals surface area (Å²) in [5.74, 6) is -0.197. The number of ether oxygens (including phenoxy) is 1. The van der Waals surface area contributed by atoms with E-state index in [-0.39, 0.29) is 18.4 Å². The van der Waals surface area contributed by atoms with Crippen LogP contribution in [0.2, 0.25) is 0 Å². The molecule has 1 fully saturated rings.